The van der Waals surface area contributed by atoms with Gasteiger partial charge in [-0.1, -0.05) is 43.3 Å². The number of likely N-dealkylation sites (tertiary alicyclic amines) is 1. The van der Waals surface area contributed by atoms with Crippen LogP contribution in [0.15, 0.2) is 54.7 Å². The summed E-state index contributed by atoms with van der Waals surface area (Å²) in [5, 5.41) is 4.13. The summed E-state index contributed by atoms with van der Waals surface area (Å²) in [5.41, 5.74) is 3.77. The molecule has 1 amide bonds. The van der Waals surface area contributed by atoms with Crippen molar-refractivity contribution in [3.63, 3.8) is 0 Å². The number of hydrogen-bond donors (Lipinski definition) is 2. The Morgan fingerprint density at radius 3 is 2.55 bits per heavy atom. The van der Waals surface area contributed by atoms with Crippen LogP contribution in [0.25, 0.3) is 10.9 Å². The van der Waals surface area contributed by atoms with E-state index in [1.807, 2.05) is 48.7 Å². The minimum absolute atomic E-state index is 0.0225. The number of amides is 1. The molecule has 4 rings (SSSR count). The number of fused-ring (bicyclic) bond motifs is 1. The van der Waals surface area contributed by atoms with Crippen LogP contribution in [0.1, 0.15) is 46.0 Å². The highest BCUT2D eigenvalue weighted by Gasteiger charge is 2.23. The third kappa shape index (κ3) is 4.25. The summed E-state index contributed by atoms with van der Waals surface area (Å²) >= 11 is 0. The summed E-state index contributed by atoms with van der Waals surface area (Å²) in [6, 6.07) is 15.6. The molecular weight excluding hydrogens is 362 g/mol. The van der Waals surface area contributed by atoms with E-state index < -0.39 is 0 Å². The van der Waals surface area contributed by atoms with Gasteiger partial charge in [0.2, 0.25) is 0 Å². The molecule has 3 aromatic rings. The molecule has 0 unspecified atom stereocenters. The van der Waals surface area contributed by atoms with Gasteiger partial charge < -0.3 is 10.3 Å². The quantitative estimate of drug-likeness (QED) is 0.630. The van der Waals surface area contributed by atoms with Gasteiger partial charge in [-0.05, 0) is 37.0 Å². The summed E-state index contributed by atoms with van der Waals surface area (Å²) in [4.78, 5) is 30.7. The molecule has 5 heteroatoms. The molecule has 1 aromatic heterocycles. The average Bonchev–Trinajstić information content (AvgIpc) is 3.20. The van der Waals surface area contributed by atoms with Crippen LogP contribution in [-0.4, -0.2) is 47.3 Å². The lowest BCUT2D eigenvalue weighted by molar-refractivity contribution is 0.0860. The van der Waals surface area contributed by atoms with Crippen molar-refractivity contribution < 1.29 is 9.59 Å². The van der Waals surface area contributed by atoms with Crippen molar-refractivity contribution >= 4 is 22.6 Å². The number of Topliss-reactive ketones (excluding diaryl/α,β-unsaturated/α-hetero) is 1. The summed E-state index contributed by atoms with van der Waals surface area (Å²) in [6.07, 6.45) is 4.51. The smallest absolute Gasteiger partial charge is 0.251 e. The standard InChI is InChI=1S/C24H27N3O2/c1-2-17-9-6-10-20-21(15-25-23(17)20)22(28)16-27-13-11-19(12-14-27)26-24(29)18-7-4-3-5-8-18/h3-10,15,19,25H,2,11-14,16H2,1H3,(H,26,29). The number of ketones is 1. The maximum absolute atomic E-state index is 12.9. The van der Waals surface area contributed by atoms with Crippen LogP contribution in [0.4, 0.5) is 0 Å². The molecule has 5 nitrogen and oxygen atoms in total. The fourth-order valence-electron chi connectivity index (χ4n) is 4.12. The first-order chi connectivity index (χ1) is 14.2. The van der Waals surface area contributed by atoms with Crippen molar-refractivity contribution in [2.45, 2.75) is 32.2 Å². The number of H-pyrrole nitrogens is 1. The summed E-state index contributed by atoms with van der Waals surface area (Å²) < 4.78 is 0. The van der Waals surface area contributed by atoms with E-state index in [-0.39, 0.29) is 17.7 Å². The molecule has 0 bridgehead atoms. The van der Waals surface area contributed by atoms with Crippen molar-refractivity contribution in [3.8, 4) is 0 Å². The number of aromatic amines is 1. The van der Waals surface area contributed by atoms with E-state index in [0.717, 1.165) is 48.8 Å². The van der Waals surface area contributed by atoms with Crippen LogP contribution in [0, 0.1) is 0 Å². The average molecular weight is 389 g/mol. The number of benzene rings is 2. The fourth-order valence-corrected chi connectivity index (χ4v) is 4.12. The lowest BCUT2D eigenvalue weighted by atomic mass is 10.0. The fraction of sp³-hybridized carbons (Fsp3) is 0.333. The first-order valence-electron chi connectivity index (χ1n) is 10.4. The Hall–Kier alpha value is -2.92. The predicted octanol–water partition coefficient (Wildman–Crippen LogP) is 3.81. The maximum atomic E-state index is 12.9. The van der Waals surface area contributed by atoms with Crippen LogP contribution in [0.3, 0.4) is 0 Å². The van der Waals surface area contributed by atoms with Gasteiger partial charge in [-0.15, -0.1) is 0 Å². The topological polar surface area (TPSA) is 65.2 Å². The van der Waals surface area contributed by atoms with Gasteiger partial charge in [0.25, 0.3) is 5.91 Å². The van der Waals surface area contributed by atoms with Gasteiger partial charge >= 0.3 is 0 Å². The van der Waals surface area contributed by atoms with E-state index in [1.165, 1.54) is 5.56 Å². The van der Waals surface area contributed by atoms with Crippen LogP contribution >= 0.6 is 0 Å². The van der Waals surface area contributed by atoms with Gasteiger partial charge in [-0.3, -0.25) is 14.5 Å². The predicted molar refractivity (Wildman–Crippen MR) is 115 cm³/mol. The van der Waals surface area contributed by atoms with Gasteiger partial charge in [-0.25, -0.2) is 0 Å². The minimum Gasteiger partial charge on any atom is -0.360 e. The molecule has 0 aliphatic carbocycles. The minimum atomic E-state index is -0.0225. The molecule has 1 saturated heterocycles. The molecule has 1 fully saturated rings. The van der Waals surface area contributed by atoms with Crippen molar-refractivity contribution in [2.75, 3.05) is 19.6 Å². The molecule has 1 aliphatic rings. The van der Waals surface area contributed by atoms with Gasteiger partial charge in [-0.2, -0.15) is 0 Å². The van der Waals surface area contributed by atoms with Gasteiger partial charge in [0.05, 0.1) is 6.54 Å². The van der Waals surface area contributed by atoms with Crippen molar-refractivity contribution in [1.29, 1.82) is 0 Å². The molecule has 2 aromatic carbocycles. The van der Waals surface area contributed by atoms with Gasteiger partial charge in [0.1, 0.15) is 0 Å². The molecule has 1 aliphatic heterocycles. The highest BCUT2D eigenvalue weighted by Crippen LogP contribution is 2.23. The van der Waals surface area contributed by atoms with E-state index in [4.69, 9.17) is 0 Å². The SMILES string of the molecule is CCc1cccc2c(C(=O)CN3CCC(NC(=O)c4ccccc4)CC3)c[nH]c12. The van der Waals surface area contributed by atoms with E-state index in [9.17, 15) is 9.59 Å². The maximum Gasteiger partial charge on any atom is 0.251 e. The van der Waals surface area contributed by atoms with E-state index >= 15 is 0 Å². The molecule has 0 radical (unpaired) electrons. The van der Waals surface area contributed by atoms with Crippen LogP contribution in [0.5, 0.6) is 0 Å². The number of para-hydroxylation sites is 1. The molecular formula is C24H27N3O2. The Balaban J connectivity index is 1.33. The zero-order valence-corrected chi connectivity index (χ0v) is 16.8. The Morgan fingerprint density at radius 1 is 1.07 bits per heavy atom. The number of carbonyl (C=O) groups is 2. The number of rotatable bonds is 6. The number of nitrogens with one attached hydrogen (secondary N) is 2. The molecule has 0 atom stereocenters. The zero-order chi connectivity index (χ0) is 20.2. The molecule has 0 spiro atoms. The summed E-state index contributed by atoms with van der Waals surface area (Å²) in [5.74, 6) is 0.127. The van der Waals surface area contributed by atoms with Crippen LogP contribution < -0.4 is 5.32 Å². The third-order valence-electron chi connectivity index (χ3n) is 5.81. The van der Waals surface area contributed by atoms with E-state index in [1.54, 1.807) is 0 Å². The molecule has 29 heavy (non-hydrogen) atoms. The highest BCUT2D eigenvalue weighted by molar-refractivity contribution is 6.09. The molecule has 2 heterocycles. The van der Waals surface area contributed by atoms with Crippen LogP contribution in [-0.2, 0) is 6.42 Å². The van der Waals surface area contributed by atoms with Gasteiger partial charge in [0, 0.05) is 47.4 Å². The Labute approximate surface area is 171 Å². The van der Waals surface area contributed by atoms with Crippen molar-refractivity contribution in [3.05, 3.63) is 71.4 Å². The summed E-state index contributed by atoms with van der Waals surface area (Å²) in [7, 11) is 0. The second kappa shape index (κ2) is 8.62. The van der Waals surface area contributed by atoms with Crippen molar-refractivity contribution in [1.82, 2.24) is 15.2 Å². The monoisotopic (exact) mass is 389 g/mol. The van der Waals surface area contributed by atoms with E-state index in [2.05, 4.69) is 28.2 Å². The van der Waals surface area contributed by atoms with Gasteiger partial charge in [0.15, 0.2) is 5.78 Å². The number of nitrogens with zero attached hydrogens (tertiary/aromatic N) is 1. The van der Waals surface area contributed by atoms with E-state index in [0.29, 0.717) is 12.1 Å². The number of aromatic nitrogens is 1. The largest absolute Gasteiger partial charge is 0.360 e. The first-order valence-corrected chi connectivity index (χ1v) is 10.4. The number of piperidine rings is 1. The lowest BCUT2D eigenvalue weighted by Gasteiger charge is -2.31. The Bertz CT molecular complexity index is 1000. The Kier molecular flexibility index (Phi) is 5.76. The van der Waals surface area contributed by atoms with Crippen molar-refractivity contribution in [2.24, 2.45) is 0 Å². The second-order valence-electron chi connectivity index (χ2n) is 7.71. The highest BCUT2D eigenvalue weighted by atomic mass is 16.1. The molecule has 150 valence electrons. The Morgan fingerprint density at radius 2 is 1.83 bits per heavy atom. The third-order valence-corrected chi connectivity index (χ3v) is 5.81. The second-order valence-corrected chi connectivity index (χ2v) is 7.71. The molecule has 2 N–H and O–H groups in total. The lowest BCUT2D eigenvalue weighted by Crippen LogP contribution is -2.45. The number of carbonyl (C=O) groups excluding carboxylic acids is 2. The zero-order valence-electron chi connectivity index (χ0n) is 16.8. The summed E-state index contributed by atoms with van der Waals surface area (Å²) in [6.45, 7) is 4.17. The normalized spacial score (nSPS) is 15.5. The molecule has 0 saturated carbocycles. The number of aryl methyl sites for hydroxylation is 1. The van der Waals surface area contributed by atoms with Crippen LogP contribution in [0.2, 0.25) is 0 Å². The number of hydrogen-bond acceptors (Lipinski definition) is 3. The first kappa shape index (κ1) is 19.4.